The van der Waals surface area contributed by atoms with Crippen molar-refractivity contribution in [3.8, 4) is 0 Å². The molecule has 1 rings (SSSR count). The van der Waals surface area contributed by atoms with Crippen LogP contribution in [-0.2, 0) is 9.53 Å². The van der Waals surface area contributed by atoms with Crippen LogP contribution in [0.25, 0.3) is 0 Å². The van der Waals surface area contributed by atoms with E-state index in [1.54, 1.807) is 7.11 Å². The van der Waals surface area contributed by atoms with Crippen LogP contribution in [0.4, 0.5) is 0 Å². The maximum Gasteiger partial charge on any atom is 0.149 e. The van der Waals surface area contributed by atoms with Crippen molar-refractivity contribution in [2.24, 2.45) is 5.92 Å². The number of rotatable bonds is 7. The van der Waals surface area contributed by atoms with E-state index < -0.39 is 0 Å². The van der Waals surface area contributed by atoms with Gasteiger partial charge in [0.1, 0.15) is 5.78 Å². The first kappa shape index (κ1) is 13.7. The number of ether oxygens (including phenoxy) is 1. The van der Waals surface area contributed by atoms with Gasteiger partial charge in [0.2, 0.25) is 0 Å². The fourth-order valence-electron chi connectivity index (χ4n) is 2.50. The van der Waals surface area contributed by atoms with E-state index in [4.69, 9.17) is 4.74 Å². The molecule has 0 heterocycles. The molecule has 0 aromatic rings. The van der Waals surface area contributed by atoms with E-state index in [-0.39, 0.29) is 0 Å². The lowest BCUT2D eigenvalue weighted by molar-refractivity contribution is -0.124. The molecule has 0 N–H and O–H groups in total. The van der Waals surface area contributed by atoms with Crippen LogP contribution < -0.4 is 0 Å². The van der Waals surface area contributed by atoms with E-state index in [1.807, 2.05) is 0 Å². The summed E-state index contributed by atoms with van der Waals surface area (Å²) in [7, 11) is 1.71. The highest BCUT2D eigenvalue weighted by atomic mass is 16.5. The first-order valence-corrected chi connectivity index (χ1v) is 6.44. The SMILES string of the molecule is CCN(CC(=O)C1CCCC1)C(C)COC. The van der Waals surface area contributed by atoms with Crippen LogP contribution in [0, 0.1) is 5.92 Å². The second-order valence-corrected chi connectivity index (χ2v) is 4.82. The number of carbonyl (C=O) groups is 1. The van der Waals surface area contributed by atoms with E-state index in [0.29, 0.717) is 30.9 Å². The predicted molar refractivity (Wildman–Crippen MR) is 65.6 cm³/mol. The third kappa shape index (κ3) is 3.87. The molecule has 0 amide bonds. The van der Waals surface area contributed by atoms with E-state index in [0.717, 1.165) is 19.4 Å². The van der Waals surface area contributed by atoms with Gasteiger partial charge >= 0.3 is 0 Å². The number of hydrogen-bond donors (Lipinski definition) is 0. The number of likely N-dealkylation sites (N-methyl/N-ethyl adjacent to an activating group) is 1. The number of methoxy groups -OCH3 is 1. The maximum absolute atomic E-state index is 12.0. The van der Waals surface area contributed by atoms with Gasteiger partial charge in [0.15, 0.2) is 0 Å². The second-order valence-electron chi connectivity index (χ2n) is 4.82. The predicted octanol–water partition coefficient (Wildman–Crippen LogP) is 2.10. The smallest absolute Gasteiger partial charge is 0.149 e. The molecule has 16 heavy (non-hydrogen) atoms. The Morgan fingerprint density at radius 2 is 2.06 bits per heavy atom. The summed E-state index contributed by atoms with van der Waals surface area (Å²) >= 11 is 0. The zero-order chi connectivity index (χ0) is 12.0. The Bertz CT molecular complexity index is 212. The standard InChI is InChI=1S/C13H25NO2/c1-4-14(11(2)10-16-3)9-13(15)12-7-5-6-8-12/h11-12H,4-10H2,1-3H3. The van der Waals surface area contributed by atoms with Gasteiger partial charge < -0.3 is 4.74 Å². The van der Waals surface area contributed by atoms with Crippen molar-refractivity contribution >= 4 is 5.78 Å². The highest BCUT2D eigenvalue weighted by molar-refractivity contribution is 5.83. The van der Waals surface area contributed by atoms with Crippen molar-refractivity contribution in [1.82, 2.24) is 4.90 Å². The molecule has 0 radical (unpaired) electrons. The minimum Gasteiger partial charge on any atom is -0.383 e. The van der Waals surface area contributed by atoms with Crippen LogP contribution in [0.5, 0.6) is 0 Å². The minimum absolute atomic E-state index is 0.334. The Balaban J connectivity index is 2.39. The average Bonchev–Trinajstić information content (AvgIpc) is 2.79. The van der Waals surface area contributed by atoms with Crippen LogP contribution in [0.15, 0.2) is 0 Å². The van der Waals surface area contributed by atoms with E-state index in [2.05, 4.69) is 18.7 Å². The van der Waals surface area contributed by atoms with Crippen molar-refractivity contribution < 1.29 is 9.53 Å². The first-order chi connectivity index (χ1) is 7.69. The van der Waals surface area contributed by atoms with Crippen LogP contribution >= 0.6 is 0 Å². The molecular weight excluding hydrogens is 202 g/mol. The van der Waals surface area contributed by atoms with Gasteiger partial charge in [-0.1, -0.05) is 19.8 Å². The summed E-state index contributed by atoms with van der Waals surface area (Å²) in [6, 6.07) is 0.334. The van der Waals surface area contributed by atoms with Crippen molar-refractivity contribution in [3.63, 3.8) is 0 Å². The van der Waals surface area contributed by atoms with Crippen LogP contribution in [0.2, 0.25) is 0 Å². The molecule has 0 saturated heterocycles. The third-order valence-electron chi connectivity index (χ3n) is 3.61. The molecule has 3 nitrogen and oxygen atoms in total. The summed E-state index contributed by atoms with van der Waals surface area (Å²) in [5.74, 6) is 0.770. The number of Topliss-reactive ketones (excluding diaryl/α,β-unsaturated/α-hetero) is 1. The summed E-state index contributed by atoms with van der Waals surface area (Å²) in [6.07, 6.45) is 4.68. The summed E-state index contributed by atoms with van der Waals surface area (Å²) in [6.45, 7) is 6.45. The number of carbonyl (C=O) groups excluding carboxylic acids is 1. The molecular formula is C13H25NO2. The molecule has 94 valence electrons. The van der Waals surface area contributed by atoms with E-state index in [1.165, 1.54) is 12.8 Å². The lowest BCUT2D eigenvalue weighted by atomic mass is 10.0. The van der Waals surface area contributed by atoms with Crippen molar-refractivity contribution in [1.29, 1.82) is 0 Å². The monoisotopic (exact) mass is 227 g/mol. The van der Waals surface area contributed by atoms with Gasteiger partial charge in [-0.2, -0.15) is 0 Å². The highest BCUT2D eigenvalue weighted by Crippen LogP contribution is 2.25. The fraction of sp³-hybridized carbons (Fsp3) is 0.923. The van der Waals surface area contributed by atoms with Gasteiger partial charge in [0.05, 0.1) is 13.2 Å². The van der Waals surface area contributed by atoms with Gasteiger partial charge in [-0.25, -0.2) is 0 Å². The fourth-order valence-corrected chi connectivity index (χ4v) is 2.50. The average molecular weight is 227 g/mol. The van der Waals surface area contributed by atoms with E-state index >= 15 is 0 Å². The zero-order valence-electron chi connectivity index (χ0n) is 10.9. The Hall–Kier alpha value is -0.410. The first-order valence-electron chi connectivity index (χ1n) is 6.44. The number of ketones is 1. The topological polar surface area (TPSA) is 29.5 Å². The largest absolute Gasteiger partial charge is 0.383 e. The molecule has 0 spiro atoms. The summed E-state index contributed by atoms with van der Waals surface area (Å²) in [5, 5.41) is 0. The van der Waals surface area contributed by atoms with Crippen molar-refractivity contribution in [2.75, 3.05) is 26.8 Å². The molecule has 1 fully saturated rings. The van der Waals surface area contributed by atoms with Gasteiger partial charge in [-0.15, -0.1) is 0 Å². The van der Waals surface area contributed by atoms with Crippen LogP contribution in [-0.4, -0.2) is 43.5 Å². The zero-order valence-corrected chi connectivity index (χ0v) is 10.9. The Kier molecular flexibility index (Phi) is 5.99. The van der Waals surface area contributed by atoms with Gasteiger partial charge in [0, 0.05) is 19.1 Å². The lowest BCUT2D eigenvalue weighted by Crippen LogP contribution is -2.41. The molecule has 0 aliphatic heterocycles. The molecule has 1 atom stereocenters. The Morgan fingerprint density at radius 3 is 2.56 bits per heavy atom. The number of hydrogen-bond acceptors (Lipinski definition) is 3. The van der Waals surface area contributed by atoms with Gasteiger partial charge in [-0.05, 0) is 26.3 Å². The van der Waals surface area contributed by atoms with Crippen LogP contribution in [0.3, 0.4) is 0 Å². The third-order valence-corrected chi connectivity index (χ3v) is 3.61. The molecule has 1 saturated carbocycles. The number of nitrogens with zero attached hydrogens (tertiary/aromatic N) is 1. The van der Waals surface area contributed by atoms with Crippen LogP contribution in [0.1, 0.15) is 39.5 Å². The second kappa shape index (κ2) is 7.02. The summed E-state index contributed by atoms with van der Waals surface area (Å²) in [4.78, 5) is 14.3. The Morgan fingerprint density at radius 1 is 1.44 bits per heavy atom. The quantitative estimate of drug-likeness (QED) is 0.667. The summed E-state index contributed by atoms with van der Waals surface area (Å²) < 4.78 is 5.14. The molecule has 1 aliphatic rings. The normalized spacial score (nSPS) is 19.2. The molecule has 0 aromatic carbocycles. The van der Waals surface area contributed by atoms with Crippen molar-refractivity contribution in [3.05, 3.63) is 0 Å². The molecule has 1 unspecified atom stereocenters. The Labute approximate surface area is 99.1 Å². The van der Waals surface area contributed by atoms with Gasteiger partial charge in [0.25, 0.3) is 0 Å². The summed E-state index contributed by atoms with van der Waals surface area (Å²) in [5.41, 5.74) is 0. The maximum atomic E-state index is 12.0. The highest BCUT2D eigenvalue weighted by Gasteiger charge is 2.25. The minimum atomic E-state index is 0.334. The molecule has 3 heteroatoms. The lowest BCUT2D eigenvalue weighted by Gasteiger charge is -2.27. The molecule has 0 bridgehead atoms. The molecule has 0 aromatic heterocycles. The van der Waals surface area contributed by atoms with E-state index in [9.17, 15) is 4.79 Å². The van der Waals surface area contributed by atoms with Crippen molar-refractivity contribution in [2.45, 2.75) is 45.6 Å². The molecule has 1 aliphatic carbocycles. The van der Waals surface area contributed by atoms with Gasteiger partial charge in [-0.3, -0.25) is 9.69 Å².